The van der Waals surface area contributed by atoms with E-state index in [1.165, 1.54) is 12.1 Å². The van der Waals surface area contributed by atoms with E-state index in [1.54, 1.807) is 30.3 Å². The maximum atomic E-state index is 12.8. The first kappa shape index (κ1) is 15.1. The number of benzene rings is 2. The van der Waals surface area contributed by atoms with Crippen LogP contribution in [-0.4, -0.2) is 11.9 Å². The molecule has 0 N–H and O–H groups in total. The van der Waals surface area contributed by atoms with Gasteiger partial charge in [-0.05, 0) is 42.8 Å². The zero-order valence-electron chi connectivity index (χ0n) is 10.6. The lowest BCUT2D eigenvalue weighted by Gasteiger charge is -2.10. The Morgan fingerprint density at radius 1 is 1.05 bits per heavy atom. The largest absolute Gasteiger partial charge is 0.492 e. The molecule has 0 saturated heterocycles. The van der Waals surface area contributed by atoms with Gasteiger partial charge in [-0.2, -0.15) is 0 Å². The molecule has 2 rings (SSSR count). The predicted octanol–water partition coefficient (Wildman–Crippen LogP) is 5.44. The Kier molecular flexibility index (Phi) is 5.68. The summed E-state index contributed by atoms with van der Waals surface area (Å²) < 4.78 is 23.9. The molecule has 0 radical (unpaired) electrons. The fourth-order valence-electron chi connectivity index (χ4n) is 1.54. The minimum Gasteiger partial charge on any atom is -0.492 e. The quantitative estimate of drug-likeness (QED) is 0.505. The van der Waals surface area contributed by atoms with Crippen LogP contribution in [-0.2, 0) is 0 Å². The number of hydrogen-bond donors (Lipinski definition) is 0. The summed E-state index contributed by atoms with van der Waals surface area (Å²) >= 11 is 9.46. The maximum absolute atomic E-state index is 12.8. The smallest absolute Gasteiger partial charge is 0.138 e. The number of hydrogen-bond acceptors (Lipinski definition) is 2. The first-order valence-corrected chi connectivity index (χ1v) is 7.61. The van der Waals surface area contributed by atoms with E-state index in [4.69, 9.17) is 21.1 Å². The van der Waals surface area contributed by atoms with Gasteiger partial charge in [0.05, 0.1) is 11.6 Å². The Balaban J connectivity index is 2.03. The van der Waals surface area contributed by atoms with Crippen molar-refractivity contribution in [1.82, 2.24) is 0 Å². The molecular weight excluding hydrogens is 347 g/mol. The Bertz CT molecular complexity index is 560. The first-order chi connectivity index (χ1) is 9.69. The highest BCUT2D eigenvalue weighted by molar-refractivity contribution is 9.09. The second kappa shape index (κ2) is 7.50. The molecule has 0 aliphatic carbocycles. The molecule has 0 saturated carbocycles. The molecule has 0 bridgehead atoms. The van der Waals surface area contributed by atoms with Gasteiger partial charge in [0, 0.05) is 11.4 Å². The molecule has 0 unspecified atom stereocenters. The summed E-state index contributed by atoms with van der Waals surface area (Å²) in [4.78, 5) is 0. The lowest BCUT2D eigenvalue weighted by atomic mass is 10.3. The van der Waals surface area contributed by atoms with E-state index in [9.17, 15) is 4.39 Å². The molecule has 5 heteroatoms. The van der Waals surface area contributed by atoms with Crippen molar-refractivity contribution in [3.8, 4) is 17.2 Å². The molecule has 2 aromatic carbocycles. The summed E-state index contributed by atoms with van der Waals surface area (Å²) in [6, 6.07) is 11.0. The lowest BCUT2D eigenvalue weighted by Crippen LogP contribution is -1.98. The van der Waals surface area contributed by atoms with Gasteiger partial charge < -0.3 is 9.47 Å². The Morgan fingerprint density at radius 3 is 2.40 bits per heavy atom. The van der Waals surface area contributed by atoms with Crippen LogP contribution in [0, 0.1) is 5.82 Å². The summed E-state index contributed by atoms with van der Waals surface area (Å²) in [6.07, 6.45) is 0.907. The van der Waals surface area contributed by atoms with Crippen LogP contribution in [0.1, 0.15) is 6.42 Å². The van der Waals surface area contributed by atoms with E-state index in [-0.39, 0.29) is 5.82 Å². The average molecular weight is 360 g/mol. The third kappa shape index (κ3) is 4.39. The molecule has 0 amide bonds. The number of halogens is 3. The zero-order valence-corrected chi connectivity index (χ0v) is 13.0. The molecular formula is C15H13BrClFO2. The van der Waals surface area contributed by atoms with E-state index < -0.39 is 0 Å². The van der Waals surface area contributed by atoms with Crippen LogP contribution in [0.15, 0.2) is 42.5 Å². The highest BCUT2D eigenvalue weighted by Gasteiger charge is 2.05. The van der Waals surface area contributed by atoms with Crippen molar-refractivity contribution < 1.29 is 13.9 Å². The minimum atomic E-state index is -0.300. The summed E-state index contributed by atoms with van der Waals surface area (Å²) in [6.45, 7) is 0.600. The van der Waals surface area contributed by atoms with E-state index >= 15 is 0 Å². The molecule has 0 spiro atoms. The van der Waals surface area contributed by atoms with Crippen LogP contribution in [0.25, 0.3) is 0 Å². The Hall–Kier alpha value is -1.26. The van der Waals surface area contributed by atoms with Crippen LogP contribution in [0.3, 0.4) is 0 Å². The summed E-state index contributed by atoms with van der Waals surface area (Å²) in [5, 5.41) is 1.37. The molecule has 0 fully saturated rings. The van der Waals surface area contributed by atoms with Crippen molar-refractivity contribution in [3.05, 3.63) is 53.3 Å². The third-order valence-electron chi connectivity index (χ3n) is 2.49. The topological polar surface area (TPSA) is 18.5 Å². The number of alkyl halides is 1. The van der Waals surface area contributed by atoms with Crippen molar-refractivity contribution in [3.63, 3.8) is 0 Å². The van der Waals surface area contributed by atoms with Crippen LogP contribution < -0.4 is 9.47 Å². The lowest BCUT2D eigenvalue weighted by molar-refractivity contribution is 0.319. The van der Waals surface area contributed by atoms with E-state index in [1.807, 2.05) is 0 Å². The summed E-state index contributed by atoms with van der Waals surface area (Å²) in [7, 11) is 0. The average Bonchev–Trinajstić information content (AvgIpc) is 2.44. The van der Waals surface area contributed by atoms with E-state index in [0.717, 1.165) is 11.8 Å². The molecule has 2 aromatic rings. The van der Waals surface area contributed by atoms with Gasteiger partial charge in [-0.15, -0.1) is 0 Å². The molecule has 2 nitrogen and oxygen atoms in total. The van der Waals surface area contributed by atoms with Crippen LogP contribution >= 0.6 is 27.5 Å². The third-order valence-corrected chi connectivity index (χ3v) is 3.34. The second-order valence-electron chi connectivity index (χ2n) is 4.04. The normalized spacial score (nSPS) is 10.3. The Morgan fingerprint density at radius 2 is 1.75 bits per heavy atom. The fourth-order valence-corrected chi connectivity index (χ4v) is 1.99. The zero-order chi connectivity index (χ0) is 14.4. The van der Waals surface area contributed by atoms with Crippen LogP contribution in [0.4, 0.5) is 4.39 Å². The standard InChI is InChI=1S/C15H13BrClFO2/c16-8-1-9-19-15-7-6-13(10-14(15)17)20-12-4-2-11(18)3-5-12/h2-7,10H,1,8-9H2. The highest BCUT2D eigenvalue weighted by Crippen LogP contribution is 2.31. The molecule has 0 aliphatic heterocycles. The van der Waals surface area contributed by atoms with Gasteiger partial charge in [0.2, 0.25) is 0 Å². The van der Waals surface area contributed by atoms with E-state index in [0.29, 0.717) is 28.9 Å². The highest BCUT2D eigenvalue weighted by atomic mass is 79.9. The van der Waals surface area contributed by atoms with Crippen molar-refractivity contribution in [2.45, 2.75) is 6.42 Å². The first-order valence-electron chi connectivity index (χ1n) is 6.11. The summed E-state index contributed by atoms with van der Waals surface area (Å²) in [5.41, 5.74) is 0. The van der Waals surface area contributed by atoms with Gasteiger partial charge >= 0.3 is 0 Å². The number of ether oxygens (including phenoxy) is 2. The molecule has 20 heavy (non-hydrogen) atoms. The molecule has 0 atom stereocenters. The van der Waals surface area contributed by atoms with Crippen LogP contribution in [0.5, 0.6) is 17.2 Å². The summed E-state index contributed by atoms with van der Waals surface area (Å²) in [5.74, 6) is 1.45. The molecule has 0 heterocycles. The Labute approximate surface area is 130 Å². The van der Waals surface area contributed by atoms with Gasteiger partial charge in [-0.1, -0.05) is 27.5 Å². The molecule has 106 valence electrons. The van der Waals surface area contributed by atoms with E-state index in [2.05, 4.69) is 15.9 Å². The number of rotatable bonds is 6. The van der Waals surface area contributed by atoms with Crippen molar-refractivity contribution >= 4 is 27.5 Å². The van der Waals surface area contributed by atoms with Gasteiger partial charge in [0.25, 0.3) is 0 Å². The fraction of sp³-hybridized carbons (Fsp3) is 0.200. The van der Waals surface area contributed by atoms with Gasteiger partial charge in [-0.3, -0.25) is 0 Å². The maximum Gasteiger partial charge on any atom is 0.138 e. The molecule has 0 aromatic heterocycles. The minimum absolute atomic E-state index is 0.300. The molecule has 0 aliphatic rings. The predicted molar refractivity (Wildman–Crippen MR) is 81.8 cm³/mol. The SMILES string of the molecule is Fc1ccc(Oc2ccc(OCCCBr)c(Cl)c2)cc1. The second-order valence-corrected chi connectivity index (χ2v) is 5.24. The van der Waals surface area contributed by atoms with Gasteiger partial charge in [0.15, 0.2) is 0 Å². The van der Waals surface area contributed by atoms with Crippen molar-refractivity contribution in [1.29, 1.82) is 0 Å². The van der Waals surface area contributed by atoms with Crippen LogP contribution in [0.2, 0.25) is 5.02 Å². The monoisotopic (exact) mass is 358 g/mol. The van der Waals surface area contributed by atoms with Crippen molar-refractivity contribution in [2.24, 2.45) is 0 Å². The van der Waals surface area contributed by atoms with Gasteiger partial charge in [0.1, 0.15) is 23.1 Å². The van der Waals surface area contributed by atoms with Gasteiger partial charge in [-0.25, -0.2) is 4.39 Å². The van der Waals surface area contributed by atoms with Crippen molar-refractivity contribution in [2.75, 3.05) is 11.9 Å².